The maximum absolute atomic E-state index is 4.40. The predicted octanol–water partition coefficient (Wildman–Crippen LogP) is 2.71. The Hall–Kier alpha value is -0.390. The summed E-state index contributed by atoms with van der Waals surface area (Å²) < 4.78 is 1.16. The van der Waals surface area contributed by atoms with Crippen LogP contribution in [0.5, 0.6) is 0 Å². The van der Waals surface area contributed by atoms with Gasteiger partial charge < -0.3 is 4.90 Å². The van der Waals surface area contributed by atoms with Crippen molar-refractivity contribution < 1.29 is 0 Å². The highest BCUT2D eigenvalue weighted by Crippen LogP contribution is 2.32. The Labute approximate surface area is 104 Å². The number of rotatable bonds is 4. The first kappa shape index (κ1) is 11.1. The third kappa shape index (κ3) is 2.80. The van der Waals surface area contributed by atoms with Crippen molar-refractivity contribution >= 4 is 28.4 Å². The molecular weight excluding hydrogens is 301 g/mol. The largest absolute Gasteiger partial charge is 0.352 e. The monoisotopic (exact) mass is 317 g/mol. The van der Waals surface area contributed by atoms with E-state index >= 15 is 0 Å². The van der Waals surface area contributed by atoms with Crippen LogP contribution in [0.15, 0.2) is 12.5 Å². The molecule has 1 heterocycles. The van der Waals surface area contributed by atoms with Crippen molar-refractivity contribution in [2.24, 2.45) is 5.92 Å². The Morgan fingerprint density at radius 1 is 1.53 bits per heavy atom. The molecular formula is C11H16IN3. The van der Waals surface area contributed by atoms with Crippen LogP contribution in [-0.4, -0.2) is 22.6 Å². The summed E-state index contributed by atoms with van der Waals surface area (Å²) in [5.41, 5.74) is 0. The topological polar surface area (TPSA) is 29.0 Å². The summed E-state index contributed by atoms with van der Waals surface area (Å²) in [5, 5.41) is 0. The molecule has 1 aliphatic rings. The van der Waals surface area contributed by atoms with E-state index in [1.54, 1.807) is 6.33 Å². The van der Waals surface area contributed by atoms with Crippen molar-refractivity contribution in [3.05, 3.63) is 16.1 Å². The molecule has 1 aliphatic carbocycles. The van der Waals surface area contributed by atoms with Gasteiger partial charge in [0.05, 0.1) is 3.57 Å². The van der Waals surface area contributed by atoms with E-state index < -0.39 is 0 Å². The number of hydrogen-bond acceptors (Lipinski definition) is 3. The van der Waals surface area contributed by atoms with E-state index in [9.17, 15) is 0 Å². The average molecular weight is 317 g/mol. The lowest BCUT2D eigenvalue weighted by Crippen LogP contribution is -2.31. The summed E-state index contributed by atoms with van der Waals surface area (Å²) in [6, 6.07) is 0.718. The van der Waals surface area contributed by atoms with Crippen LogP contribution in [0.1, 0.15) is 26.7 Å². The fourth-order valence-electron chi connectivity index (χ4n) is 1.71. The zero-order valence-electron chi connectivity index (χ0n) is 9.15. The van der Waals surface area contributed by atoms with Gasteiger partial charge in [0.1, 0.15) is 12.1 Å². The molecule has 0 amide bonds. The minimum Gasteiger partial charge on any atom is -0.352 e. The highest BCUT2D eigenvalue weighted by molar-refractivity contribution is 14.1. The smallest absolute Gasteiger partial charge is 0.145 e. The van der Waals surface area contributed by atoms with Crippen molar-refractivity contribution in [3.63, 3.8) is 0 Å². The van der Waals surface area contributed by atoms with E-state index in [4.69, 9.17) is 0 Å². The Kier molecular flexibility index (Phi) is 3.43. The minimum absolute atomic E-state index is 0.677. The fraction of sp³-hybridized carbons (Fsp3) is 0.636. The molecule has 3 nitrogen and oxygen atoms in total. The number of nitrogens with zero attached hydrogens (tertiary/aromatic N) is 3. The predicted molar refractivity (Wildman–Crippen MR) is 70.0 cm³/mol. The van der Waals surface area contributed by atoms with E-state index in [1.165, 1.54) is 12.8 Å². The van der Waals surface area contributed by atoms with E-state index in [1.807, 2.05) is 6.20 Å². The van der Waals surface area contributed by atoms with Gasteiger partial charge in [-0.3, -0.25) is 0 Å². The summed E-state index contributed by atoms with van der Waals surface area (Å²) in [4.78, 5) is 10.9. The molecule has 0 aliphatic heterocycles. The van der Waals surface area contributed by atoms with E-state index in [2.05, 4.69) is 51.3 Å². The second kappa shape index (κ2) is 4.63. The summed E-state index contributed by atoms with van der Waals surface area (Å²) >= 11 is 2.32. The first-order valence-electron chi connectivity index (χ1n) is 5.40. The molecule has 0 saturated heterocycles. The maximum atomic E-state index is 4.40. The van der Waals surface area contributed by atoms with Crippen LogP contribution >= 0.6 is 22.6 Å². The number of halogens is 1. The molecule has 1 fully saturated rings. The summed E-state index contributed by atoms with van der Waals surface area (Å²) in [5.74, 6) is 1.79. The van der Waals surface area contributed by atoms with E-state index in [0.29, 0.717) is 5.92 Å². The zero-order valence-corrected chi connectivity index (χ0v) is 11.3. The first-order chi connectivity index (χ1) is 7.18. The summed E-state index contributed by atoms with van der Waals surface area (Å²) in [7, 11) is 0. The Morgan fingerprint density at radius 3 is 2.80 bits per heavy atom. The van der Waals surface area contributed by atoms with Gasteiger partial charge in [0.25, 0.3) is 0 Å². The second-order valence-corrected chi connectivity index (χ2v) is 5.63. The van der Waals surface area contributed by atoms with Crippen molar-refractivity contribution in [2.75, 3.05) is 11.4 Å². The lowest BCUT2D eigenvalue weighted by atomic mass is 10.2. The Balaban J connectivity index is 2.20. The fourth-order valence-corrected chi connectivity index (χ4v) is 2.32. The van der Waals surface area contributed by atoms with Gasteiger partial charge in [-0.25, -0.2) is 9.97 Å². The second-order valence-electron chi connectivity index (χ2n) is 4.47. The minimum atomic E-state index is 0.677. The lowest BCUT2D eigenvalue weighted by molar-refractivity contribution is 0.601. The van der Waals surface area contributed by atoms with E-state index in [0.717, 1.165) is 22.0 Å². The van der Waals surface area contributed by atoms with Gasteiger partial charge in [-0.2, -0.15) is 0 Å². The average Bonchev–Trinajstić information content (AvgIpc) is 2.98. The van der Waals surface area contributed by atoms with Crippen LogP contribution in [0.4, 0.5) is 5.82 Å². The lowest BCUT2D eigenvalue weighted by Gasteiger charge is -2.26. The van der Waals surface area contributed by atoms with E-state index in [-0.39, 0.29) is 0 Å². The molecule has 82 valence electrons. The third-order valence-electron chi connectivity index (χ3n) is 2.47. The van der Waals surface area contributed by atoms with Crippen LogP contribution in [0.2, 0.25) is 0 Å². The molecule has 0 spiro atoms. The van der Waals surface area contributed by atoms with Crippen LogP contribution in [0.25, 0.3) is 0 Å². The molecule has 4 heteroatoms. The van der Waals surface area contributed by atoms with Crippen LogP contribution in [0.3, 0.4) is 0 Å². The molecule has 15 heavy (non-hydrogen) atoms. The maximum Gasteiger partial charge on any atom is 0.145 e. The van der Waals surface area contributed by atoms with Crippen molar-refractivity contribution in [1.29, 1.82) is 0 Å². The number of aromatic nitrogens is 2. The quantitative estimate of drug-likeness (QED) is 0.800. The van der Waals surface area contributed by atoms with Crippen molar-refractivity contribution in [3.8, 4) is 0 Å². The zero-order chi connectivity index (χ0) is 10.8. The Morgan fingerprint density at radius 2 is 2.27 bits per heavy atom. The molecule has 0 aromatic carbocycles. The SMILES string of the molecule is CC(C)CN(c1ncncc1I)C1CC1. The number of anilines is 1. The van der Waals surface area contributed by atoms with Gasteiger partial charge in [-0.1, -0.05) is 13.8 Å². The van der Waals surface area contributed by atoms with Crippen LogP contribution in [0, 0.1) is 9.49 Å². The normalized spacial score (nSPS) is 15.7. The Bertz CT molecular complexity index is 336. The molecule has 1 aromatic heterocycles. The van der Waals surface area contributed by atoms with Crippen LogP contribution < -0.4 is 4.90 Å². The van der Waals surface area contributed by atoms with Gasteiger partial charge in [0.15, 0.2) is 0 Å². The third-order valence-corrected chi connectivity index (χ3v) is 3.23. The highest BCUT2D eigenvalue weighted by Gasteiger charge is 2.31. The van der Waals surface area contributed by atoms with Crippen molar-refractivity contribution in [1.82, 2.24) is 9.97 Å². The molecule has 0 radical (unpaired) electrons. The highest BCUT2D eigenvalue weighted by atomic mass is 127. The van der Waals surface area contributed by atoms with Gasteiger partial charge >= 0.3 is 0 Å². The molecule has 0 atom stereocenters. The molecule has 2 rings (SSSR count). The summed E-state index contributed by atoms with van der Waals surface area (Å²) in [6.45, 7) is 5.60. The van der Waals surface area contributed by atoms with Gasteiger partial charge in [-0.05, 0) is 41.4 Å². The van der Waals surface area contributed by atoms with Gasteiger partial charge in [0.2, 0.25) is 0 Å². The molecule has 1 saturated carbocycles. The molecule has 1 aromatic rings. The standard InChI is InChI=1S/C11H16IN3/c1-8(2)6-15(9-3-4-9)11-10(12)5-13-7-14-11/h5,7-9H,3-4,6H2,1-2H3. The molecule has 0 bridgehead atoms. The molecule has 0 unspecified atom stereocenters. The van der Waals surface area contributed by atoms with Gasteiger partial charge in [0, 0.05) is 18.8 Å². The summed E-state index contributed by atoms with van der Waals surface area (Å²) in [6.07, 6.45) is 6.16. The van der Waals surface area contributed by atoms with Gasteiger partial charge in [-0.15, -0.1) is 0 Å². The van der Waals surface area contributed by atoms with Crippen molar-refractivity contribution in [2.45, 2.75) is 32.7 Å². The molecule has 0 N–H and O–H groups in total. The first-order valence-corrected chi connectivity index (χ1v) is 6.48. The van der Waals surface area contributed by atoms with Crippen LogP contribution in [-0.2, 0) is 0 Å². The number of hydrogen-bond donors (Lipinski definition) is 0.